The van der Waals surface area contributed by atoms with Crippen molar-refractivity contribution in [3.8, 4) is 0 Å². The Morgan fingerprint density at radius 3 is 2.47 bits per heavy atom. The Bertz CT molecular complexity index is 503. The van der Waals surface area contributed by atoms with Gasteiger partial charge < -0.3 is 15.5 Å². The maximum absolute atomic E-state index is 11.6. The van der Waals surface area contributed by atoms with Crippen LogP contribution in [0.5, 0.6) is 0 Å². The van der Waals surface area contributed by atoms with E-state index in [2.05, 4.69) is 5.32 Å². The summed E-state index contributed by atoms with van der Waals surface area (Å²) in [6, 6.07) is 4.77. The van der Waals surface area contributed by atoms with Gasteiger partial charge in [-0.25, -0.2) is 4.79 Å². The number of nitrogens with one attached hydrogen (secondary N) is 1. The minimum Gasteiger partial charge on any atom is -0.479 e. The molecule has 0 aromatic heterocycles. The fourth-order valence-electron chi connectivity index (χ4n) is 1.24. The average molecular weight is 306 g/mol. The molecule has 0 saturated heterocycles. The van der Waals surface area contributed by atoms with E-state index in [-0.39, 0.29) is 13.0 Å². The van der Waals surface area contributed by atoms with E-state index in [1.54, 1.807) is 18.2 Å². The molecule has 0 bridgehead atoms. The molecular formula is C12H13Cl2NO4. The highest BCUT2D eigenvalue weighted by atomic mass is 35.5. The molecule has 3 N–H and O–H groups in total. The van der Waals surface area contributed by atoms with Crippen molar-refractivity contribution in [3.63, 3.8) is 0 Å². The van der Waals surface area contributed by atoms with Gasteiger partial charge in [0.1, 0.15) is 0 Å². The van der Waals surface area contributed by atoms with E-state index in [0.717, 1.165) is 6.92 Å². The lowest BCUT2D eigenvalue weighted by Crippen LogP contribution is -2.46. The monoisotopic (exact) mass is 305 g/mol. The summed E-state index contributed by atoms with van der Waals surface area (Å²) in [6.07, 6.45) is 0.0204. The number of carbonyl (C=O) groups is 2. The fraction of sp³-hybridized carbons (Fsp3) is 0.333. The molecule has 5 nitrogen and oxygen atoms in total. The van der Waals surface area contributed by atoms with Gasteiger partial charge in [-0.15, -0.1) is 0 Å². The molecule has 0 spiro atoms. The van der Waals surface area contributed by atoms with Gasteiger partial charge >= 0.3 is 5.97 Å². The molecule has 19 heavy (non-hydrogen) atoms. The van der Waals surface area contributed by atoms with E-state index in [1.165, 1.54) is 0 Å². The molecule has 0 heterocycles. The van der Waals surface area contributed by atoms with Crippen molar-refractivity contribution in [3.05, 3.63) is 33.8 Å². The normalized spacial score (nSPS) is 13.7. The van der Waals surface area contributed by atoms with E-state index in [4.69, 9.17) is 28.3 Å². The zero-order chi connectivity index (χ0) is 14.6. The number of amides is 1. The zero-order valence-corrected chi connectivity index (χ0v) is 11.6. The van der Waals surface area contributed by atoms with Crippen LogP contribution < -0.4 is 5.32 Å². The van der Waals surface area contributed by atoms with Crippen LogP contribution in [0.25, 0.3) is 0 Å². The van der Waals surface area contributed by atoms with E-state index in [0.29, 0.717) is 15.6 Å². The van der Waals surface area contributed by atoms with Gasteiger partial charge in [0.05, 0.1) is 23.0 Å². The first-order valence-corrected chi connectivity index (χ1v) is 6.14. The second-order valence-corrected chi connectivity index (χ2v) is 5.10. The number of carbonyl (C=O) groups excluding carboxylic acids is 1. The van der Waals surface area contributed by atoms with Gasteiger partial charge in [0.15, 0.2) is 5.60 Å². The first kappa shape index (κ1) is 15.8. The van der Waals surface area contributed by atoms with Gasteiger partial charge in [-0.3, -0.25) is 4.79 Å². The van der Waals surface area contributed by atoms with Gasteiger partial charge in [-0.05, 0) is 24.6 Å². The van der Waals surface area contributed by atoms with Crippen molar-refractivity contribution >= 4 is 35.1 Å². The van der Waals surface area contributed by atoms with Gasteiger partial charge in [-0.2, -0.15) is 0 Å². The molecule has 0 aliphatic rings. The van der Waals surface area contributed by atoms with Crippen LogP contribution in [0.15, 0.2) is 18.2 Å². The molecule has 1 aromatic rings. The second-order valence-electron chi connectivity index (χ2n) is 4.28. The van der Waals surface area contributed by atoms with Crippen LogP contribution in [0.1, 0.15) is 12.5 Å². The maximum Gasteiger partial charge on any atom is 0.337 e. The van der Waals surface area contributed by atoms with Crippen LogP contribution in [-0.4, -0.2) is 34.2 Å². The SMILES string of the molecule is CC(O)(CNC(=O)Cc1ccc(Cl)c(Cl)c1)C(=O)O. The van der Waals surface area contributed by atoms with Crippen LogP contribution in [0, 0.1) is 0 Å². The minimum atomic E-state index is -1.99. The molecule has 0 saturated carbocycles. The van der Waals surface area contributed by atoms with E-state index in [9.17, 15) is 14.7 Å². The highest BCUT2D eigenvalue weighted by Gasteiger charge is 2.30. The van der Waals surface area contributed by atoms with Crippen molar-refractivity contribution < 1.29 is 19.8 Å². The summed E-state index contributed by atoms with van der Waals surface area (Å²) >= 11 is 11.5. The number of hydrogen-bond donors (Lipinski definition) is 3. The molecule has 1 rings (SSSR count). The first-order chi connectivity index (χ1) is 8.72. The number of halogens is 2. The molecular weight excluding hydrogens is 293 g/mol. The van der Waals surface area contributed by atoms with Crippen molar-refractivity contribution in [2.45, 2.75) is 18.9 Å². The maximum atomic E-state index is 11.6. The number of rotatable bonds is 5. The lowest BCUT2D eigenvalue weighted by molar-refractivity contribution is -0.156. The Kier molecular flexibility index (Phi) is 5.17. The van der Waals surface area contributed by atoms with Gasteiger partial charge in [0, 0.05) is 0 Å². The first-order valence-electron chi connectivity index (χ1n) is 5.39. The zero-order valence-electron chi connectivity index (χ0n) is 10.1. The molecule has 0 radical (unpaired) electrons. The number of benzene rings is 1. The number of hydrogen-bond acceptors (Lipinski definition) is 3. The van der Waals surface area contributed by atoms with Crippen molar-refractivity contribution in [2.75, 3.05) is 6.54 Å². The second kappa shape index (κ2) is 6.23. The third-order valence-electron chi connectivity index (χ3n) is 2.44. The van der Waals surface area contributed by atoms with Crippen LogP contribution >= 0.6 is 23.2 Å². The largest absolute Gasteiger partial charge is 0.479 e. The lowest BCUT2D eigenvalue weighted by Gasteiger charge is -2.18. The minimum absolute atomic E-state index is 0.0204. The number of carboxylic acids is 1. The Morgan fingerprint density at radius 2 is 1.95 bits per heavy atom. The molecule has 1 aromatic carbocycles. The van der Waals surface area contributed by atoms with Crippen molar-refractivity contribution in [2.24, 2.45) is 0 Å². The molecule has 0 fully saturated rings. The molecule has 7 heteroatoms. The molecule has 1 unspecified atom stereocenters. The quantitative estimate of drug-likeness (QED) is 0.769. The smallest absolute Gasteiger partial charge is 0.337 e. The fourth-order valence-corrected chi connectivity index (χ4v) is 1.56. The summed E-state index contributed by atoms with van der Waals surface area (Å²) in [7, 11) is 0. The van der Waals surface area contributed by atoms with Gasteiger partial charge in [0.2, 0.25) is 5.91 Å². The predicted octanol–water partition coefficient (Wildman–Crippen LogP) is 1.49. The summed E-state index contributed by atoms with van der Waals surface area (Å²) in [4.78, 5) is 22.2. The Morgan fingerprint density at radius 1 is 1.32 bits per heavy atom. The van der Waals surface area contributed by atoms with Crippen LogP contribution in [0.3, 0.4) is 0 Å². The molecule has 1 amide bonds. The van der Waals surface area contributed by atoms with Crippen molar-refractivity contribution in [1.29, 1.82) is 0 Å². The van der Waals surface area contributed by atoms with Crippen molar-refractivity contribution in [1.82, 2.24) is 5.32 Å². The highest BCUT2D eigenvalue weighted by Crippen LogP contribution is 2.22. The van der Waals surface area contributed by atoms with Crippen LogP contribution in [-0.2, 0) is 16.0 Å². The van der Waals surface area contributed by atoms with Gasteiger partial charge in [-0.1, -0.05) is 29.3 Å². The number of aliphatic hydroxyl groups is 1. The Labute approximate surface area is 120 Å². The third kappa shape index (κ3) is 4.70. The Hall–Kier alpha value is -1.30. The highest BCUT2D eigenvalue weighted by molar-refractivity contribution is 6.42. The summed E-state index contributed by atoms with van der Waals surface area (Å²) < 4.78 is 0. The number of aliphatic carboxylic acids is 1. The average Bonchev–Trinajstić information content (AvgIpc) is 2.31. The Balaban J connectivity index is 2.56. The third-order valence-corrected chi connectivity index (χ3v) is 3.18. The summed E-state index contributed by atoms with van der Waals surface area (Å²) in [6.45, 7) is 0.733. The molecule has 104 valence electrons. The van der Waals surface area contributed by atoms with Crippen LogP contribution in [0.4, 0.5) is 0 Å². The lowest BCUT2D eigenvalue weighted by atomic mass is 10.1. The van der Waals surface area contributed by atoms with E-state index in [1.807, 2.05) is 0 Å². The topological polar surface area (TPSA) is 86.6 Å². The summed E-state index contributed by atoms with van der Waals surface area (Å²) in [5, 5.41) is 21.2. The standard InChI is InChI=1S/C12H13Cl2NO4/c1-12(19,11(17)18)6-15-10(16)5-7-2-3-8(13)9(14)4-7/h2-4,19H,5-6H2,1H3,(H,15,16)(H,17,18). The molecule has 0 aliphatic heterocycles. The molecule has 1 atom stereocenters. The van der Waals surface area contributed by atoms with Crippen LogP contribution in [0.2, 0.25) is 10.0 Å². The predicted molar refractivity (Wildman–Crippen MR) is 71.4 cm³/mol. The number of carboxylic acid groups (broad SMARTS) is 1. The van der Waals surface area contributed by atoms with E-state index >= 15 is 0 Å². The van der Waals surface area contributed by atoms with E-state index < -0.39 is 17.5 Å². The van der Waals surface area contributed by atoms with Gasteiger partial charge in [0.25, 0.3) is 0 Å². The summed E-state index contributed by atoms with van der Waals surface area (Å²) in [5.74, 6) is -1.82. The summed E-state index contributed by atoms with van der Waals surface area (Å²) in [5.41, 5.74) is -1.35. The molecule has 0 aliphatic carbocycles.